The van der Waals surface area contributed by atoms with Gasteiger partial charge < -0.3 is 16.1 Å². The molecule has 0 aliphatic carbocycles. The molecular formula is C12H18N4O2. The maximum atomic E-state index is 12.0. The molecule has 1 aromatic rings. The van der Waals surface area contributed by atoms with E-state index < -0.39 is 6.04 Å². The molecule has 1 unspecified atom stereocenters. The van der Waals surface area contributed by atoms with E-state index in [0.717, 1.165) is 0 Å². The van der Waals surface area contributed by atoms with Gasteiger partial charge in [-0.15, -0.1) is 0 Å². The normalized spacial score (nSPS) is 11.5. The van der Waals surface area contributed by atoms with E-state index in [1.54, 1.807) is 31.2 Å². The van der Waals surface area contributed by atoms with Gasteiger partial charge in [-0.05, 0) is 26.0 Å². The van der Waals surface area contributed by atoms with Crippen molar-refractivity contribution in [2.45, 2.75) is 19.9 Å². The smallest absolute Gasteiger partial charge is 0.254 e. The monoisotopic (exact) mass is 250 g/mol. The van der Waals surface area contributed by atoms with Crippen molar-refractivity contribution in [2.24, 2.45) is 5.84 Å². The van der Waals surface area contributed by atoms with Crippen LogP contribution in [-0.2, 0) is 4.79 Å². The Morgan fingerprint density at radius 1 is 1.33 bits per heavy atom. The summed E-state index contributed by atoms with van der Waals surface area (Å²) in [6, 6.07) is 6.22. The van der Waals surface area contributed by atoms with Gasteiger partial charge in [0.05, 0.1) is 11.3 Å². The summed E-state index contributed by atoms with van der Waals surface area (Å²) in [6.45, 7) is 3.97. The number of carbonyl (C=O) groups excluding carboxylic acids is 2. The molecule has 6 nitrogen and oxygen atoms in total. The zero-order valence-corrected chi connectivity index (χ0v) is 10.5. The first-order chi connectivity index (χ1) is 8.60. The molecule has 6 heteroatoms. The highest BCUT2D eigenvalue weighted by Gasteiger charge is 2.17. The third-order valence-electron chi connectivity index (χ3n) is 2.42. The summed E-state index contributed by atoms with van der Waals surface area (Å²) in [6.07, 6.45) is 0. The highest BCUT2D eigenvalue weighted by Crippen LogP contribution is 2.13. The van der Waals surface area contributed by atoms with Gasteiger partial charge in [-0.2, -0.15) is 0 Å². The summed E-state index contributed by atoms with van der Waals surface area (Å²) in [7, 11) is 0. The average Bonchev–Trinajstić information content (AvgIpc) is 2.38. The molecule has 0 spiro atoms. The standard InChI is InChI=1S/C12H18N4O2/c1-3-14-11(17)8(2)15-12(18)9-6-4-5-7-10(9)16-13/h4-8,16H,3,13H2,1-2H3,(H,14,17)(H,15,18). The van der Waals surface area contributed by atoms with Crippen LogP contribution in [0.2, 0.25) is 0 Å². The number of likely N-dealkylation sites (N-methyl/N-ethyl adjacent to an activating group) is 1. The van der Waals surface area contributed by atoms with Crippen molar-refractivity contribution >= 4 is 17.5 Å². The number of anilines is 1. The summed E-state index contributed by atoms with van der Waals surface area (Å²) in [4.78, 5) is 23.5. The number of rotatable bonds is 5. The maximum Gasteiger partial charge on any atom is 0.254 e. The van der Waals surface area contributed by atoms with Crippen molar-refractivity contribution in [3.05, 3.63) is 29.8 Å². The van der Waals surface area contributed by atoms with E-state index >= 15 is 0 Å². The van der Waals surface area contributed by atoms with Gasteiger partial charge in [-0.25, -0.2) is 0 Å². The number of para-hydroxylation sites is 1. The van der Waals surface area contributed by atoms with Gasteiger partial charge in [0.1, 0.15) is 6.04 Å². The molecule has 2 amide bonds. The lowest BCUT2D eigenvalue weighted by molar-refractivity contribution is -0.122. The summed E-state index contributed by atoms with van der Waals surface area (Å²) < 4.78 is 0. The first-order valence-electron chi connectivity index (χ1n) is 5.74. The van der Waals surface area contributed by atoms with Gasteiger partial charge in [0.2, 0.25) is 5.91 Å². The molecule has 0 saturated carbocycles. The highest BCUT2D eigenvalue weighted by molar-refractivity contribution is 6.01. The highest BCUT2D eigenvalue weighted by atomic mass is 16.2. The molecule has 0 bridgehead atoms. The van der Waals surface area contributed by atoms with Gasteiger partial charge >= 0.3 is 0 Å². The number of amides is 2. The van der Waals surface area contributed by atoms with Gasteiger partial charge in [-0.3, -0.25) is 15.4 Å². The summed E-state index contributed by atoms with van der Waals surface area (Å²) in [5.74, 6) is 4.75. The fourth-order valence-electron chi connectivity index (χ4n) is 1.47. The van der Waals surface area contributed by atoms with Gasteiger partial charge in [0.15, 0.2) is 0 Å². The number of nitrogens with one attached hydrogen (secondary N) is 3. The summed E-state index contributed by atoms with van der Waals surface area (Å²) >= 11 is 0. The van der Waals surface area contributed by atoms with E-state index in [9.17, 15) is 9.59 Å². The number of benzene rings is 1. The topological polar surface area (TPSA) is 96.2 Å². The molecule has 1 rings (SSSR count). The van der Waals surface area contributed by atoms with Crippen LogP contribution in [0.3, 0.4) is 0 Å². The minimum absolute atomic E-state index is 0.218. The van der Waals surface area contributed by atoms with Crippen LogP contribution in [0.1, 0.15) is 24.2 Å². The van der Waals surface area contributed by atoms with E-state index in [1.807, 2.05) is 6.92 Å². The number of hydrogen-bond donors (Lipinski definition) is 4. The first kappa shape index (κ1) is 14.0. The van der Waals surface area contributed by atoms with Crippen molar-refractivity contribution in [3.63, 3.8) is 0 Å². The van der Waals surface area contributed by atoms with Gasteiger partial charge in [0, 0.05) is 6.54 Å². The minimum atomic E-state index is -0.594. The van der Waals surface area contributed by atoms with Crippen LogP contribution in [0.15, 0.2) is 24.3 Å². The van der Waals surface area contributed by atoms with E-state index in [0.29, 0.717) is 17.8 Å². The van der Waals surface area contributed by atoms with Crippen LogP contribution in [0, 0.1) is 0 Å². The molecule has 0 aliphatic heterocycles. The third-order valence-corrected chi connectivity index (χ3v) is 2.42. The molecular weight excluding hydrogens is 232 g/mol. The van der Waals surface area contributed by atoms with Crippen LogP contribution < -0.4 is 21.9 Å². The van der Waals surface area contributed by atoms with Crippen molar-refractivity contribution < 1.29 is 9.59 Å². The molecule has 5 N–H and O–H groups in total. The lowest BCUT2D eigenvalue weighted by atomic mass is 10.1. The Hall–Kier alpha value is -2.08. The second-order valence-corrected chi connectivity index (χ2v) is 3.78. The molecule has 0 saturated heterocycles. The predicted octanol–water partition coefficient (Wildman–Crippen LogP) is 0.227. The van der Waals surface area contributed by atoms with E-state index in [1.165, 1.54) is 0 Å². The Morgan fingerprint density at radius 2 is 2.00 bits per heavy atom. The quantitative estimate of drug-likeness (QED) is 0.444. The Bertz CT molecular complexity index is 434. The molecule has 0 aromatic heterocycles. The predicted molar refractivity (Wildman–Crippen MR) is 69.9 cm³/mol. The van der Waals surface area contributed by atoms with Crippen LogP contribution in [0.4, 0.5) is 5.69 Å². The second kappa shape index (κ2) is 6.61. The third kappa shape index (κ3) is 3.46. The van der Waals surface area contributed by atoms with Gasteiger partial charge in [-0.1, -0.05) is 12.1 Å². The molecule has 0 aliphatic rings. The number of carbonyl (C=O) groups is 2. The van der Waals surface area contributed by atoms with E-state index in [-0.39, 0.29) is 11.8 Å². The maximum absolute atomic E-state index is 12.0. The van der Waals surface area contributed by atoms with Crippen LogP contribution >= 0.6 is 0 Å². The van der Waals surface area contributed by atoms with E-state index in [4.69, 9.17) is 5.84 Å². The fourth-order valence-corrected chi connectivity index (χ4v) is 1.47. The Morgan fingerprint density at radius 3 is 2.61 bits per heavy atom. The fraction of sp³-hybridized carbons (Fsp3) is 0.333. The summed E-state index contributed by atoms with van der Waals surface area (Å²) in [5.41, 5.74) is 3.35. The van der Waals surface area contributed by atoms with Crippen molar-refractivity contribution in [1.82, 2.24) is 10.6 Å². The van der Waals surface area contributed by atoms with Gasteiger partial charge in [0.25, 0.3) is 5.91 Å². The molecule has 1 atom stereocenters. The largest absolute Gasteiger partial charge is 0.355 e. The molecule has 0 heterocycles. The Kier molecular flexibility index (Phi) is 5.13. The van der Waals surface area contributed by atoms with Crippen molar-refractivity contribution in [3.8, 4) is 0 Å². The molecule has 1 aromatic carbocycles. The number of hydrogen-bond acceptors (Lipinski definition) is 4. The van der Waals surface area contributed by atoms with E-state index in [2.05, 4.69) is 16.1 Å². The van der Waals surface area contributed by atoms with Crippen LogP contribution in [0.5, 0.6) is 0 Å². The molecule has 0 radical (unpaired) electrons. The lowest BCUT2D eigenvalue weighted by Crippen LogP contribution is -2.44. The Labute approximate surface area is 106 Å². The van der Waals surface area contributed by atoms with Crippen LogP contribution in [-0.4, -0.2) is 24.4 Å². The second-order valence-electron chi connectivity index (χ2n) is 3.78. The number of hydrazine groups is 1. The zero-order valence-electron chi connectivity index (χ0n) is 10.5. The minimum Gasteiger partial charge on any atom is -0.355 e. The number of nitrogens with two attached hydrogens (primary N) is 1. The SMILES string of the molecule is CCNC(=O)C(C)NC(=O)c1ccccc1NN. The summed E-state index contributed by atoms with van der Waals surface area (Å²) in [5, 5.41) is 5.25. The van der Waals surface area contributed by atoms with Crippen molar-refractivity contribution in [1.29, 1.82) is 0 Å². The zero-order chi connectivity index (χ0) is 13.5. The van der Waals surface area contributed by atoms with Crippen molar-refractivity contribution in [2.75, 3.05) is 12.0 Å². The first-order valence-corrected chi connectivity index (χ1v) is 5.74. The Balaban J connectivity index is 2.73. The molecule has 0 fully saturated rings. The van der Waals surface area contributed by atoms with Crippen LogP contribution in [0.25, 0.3) is 0 Å². The average molecular weight is 250 g/mol. The molecule has 98 valence electrons. The molecule has 18 heavy (non-hydrogen) atoms. The number of nitrogen functional groups attached to an aromatic ring is 1. The lowest BCUT2D eigenvalue weighted by Gasteiger charge is -2.14.